The zero-order valence-electron chi connectivity index (χ0n) is 11.8. The molecular weight excluding hydrogens is 310 g/mol. The van der Waals surface area contributed by atoms with E-state index in [-0.39, 0.29) is 11.3 Å². The molecule has 0 bridgehead atoms. The smallest absolute Gasteiger partial charge is 0.259 e. The van der Waals surface area contributed by atoms with Crippen LogP contribution in [0.15, 0.2) is 24.4 Å². The Labute approximate surface area is 127 Å². The number of thiazole rings is 1. The van der Waals surface area contributed by atoms with Gasteiger partial charge in [0.2, 0.25) is 10.0 Å². The molecule has 1 aromatic heterocycles. The highest BCUT2D eigenvalue weighted by molar-refractivity contribution is 7.92. The average Bonchev–Trinajstić information content (AvgIpc) is 2.75. The number of nitrogens with one attached hydrogen (secondary N) is 2. The summed E-state index contributed by atoms with van der Waals surface area (Å²) in [6.07, 6.45) is 2.70. The van der Waals surface area contributed by atoms with Gasteiger partial charge in [-0.3, -0.25) is 14.8 Å². The number of carbonyl (C=O) groups excluding carboxylic acids is 1. The van der Waals surface area contributed by atoms with Crippen molar-refractivity contribution in [3.05, 3.63) is 40.4 Å². The van der Waals surface area contributed by atoms with Gasteiger partial charge in [-0.2, -0.15) is 0 Å². The fourth-order valence-electron chi connectivity index (χ4n) is 1.71. The van der Waals surface area contributed by atoms with Crippen LogP contribution in [0.25, 0.3) is 0 Å². The molecule has 0 aliphatic heterocycles. The summed E-state index contributed by atoms with van der Waals surface area (Å²) in [7, 11) is -3.46. The van der Waals surface area contributed by atoms with Gasteiger partial charge in [-0.05, 0) is 26.0 Å². The molecule has 21 heavy (non-hydrogen) atoms. The molecule has 112 valence electrons. The van der Waals surface area contributed by atoms with Gasteiger partial charge in [0.1, 0.15) is 0 Å². The third-order valence-electron chi connectivity index (χ3n) is 2.56. The number of nitrogens with zero attached hydrogens (tertiary/aromatic N) is 1. The Morgan fingerprint density at radius 1 is 1.29 bits per heavy atom. The number of aromatic nitrogens is 1. The van der Waals surface area contributed by atoms with Crippen LogP contribution in [0.4, 0.5) is 10.8 Å². The molecule has 8 heteroatoms. The maximum Gasteiger partial charge on any atom is 0.259 e. The Balaban J connectivity index is 2.32. The molecule has 0 aliphatic carbocycles. The maximum atomic E-state index is 12.3. The predicted octanol–water partition coefficient (Wildman–Crippen LogP) is 2.38. The van der Waals surface area contributed by atoms with Crippen molar-refractivity contribution < 1.29 is 13.2 Å². The summed E-state index contributed by atoms with van der Waals surface area (Å²) in [5.41, 5.74) is 1.36. The van der Waals surface area contributed by atoms with Crippen LogP contribution in [0.3, 0.4) is 0 Å². The number of carbonyl (C=O) groups is 1. The van der Waals surface area contributed by atoms with E-state index in [1.165, 1.54) is 11.3 Å². The number of hydrogen-bond donors (Lipinski definition) is 2. The SMILES string of the molecule is Cc1ccc(NS(C)(=O)=O)c(C(=O)Nc2ncc(C)s2)c1. The Morgan fingerprint density at radius 3 is 2.57 bits per heavy atom. The first-order chi connectivity index (χ1) is 9.74. The van der Waals surface area contributed by atoms with E-state index in [2.05, 4.69) is 15.0 Å². The number of amides is 1. The number of aryl methyl sites for hydroxylation is 2. The average molecular weight is 325 g/mol. The van der Waals surface area contributed by atoms with Gasteiger partial charge >= 0.3 is 0 Å². The Kier molecular flexibility index (Phi) is 4.29. The lowest BCUT2D eigenvalue weighted by atomic mass is 10.1. The van der Waals surface area contributed by atoms with E-state index in [1.807, 2.05) is 13.8 Å². The van der Waals surface area contributed by atoms with E-state index in [0.29, 0.717) is 5.13 Å². The molecule has 0 saturated carbocycles. The molecular formula is C13H15N3O3S2. The number of rotatable bonds is 4. The van der Waals surface area contributed by atoms with Gasteiger partial charge in [0.05, 0.1) is 17.5 Å². The molecule has 2 rings (SSSR count). The normalized spacial score (nSPS) is 11.2. The first-order valence-electron chi connectivity index (χ1n) is 6.07. The summed E-state index contributed by atoms with van der Waals surface area (Å²) in [6, 6.07) is 4.93. The largest absolute Gasteiger partial charge is 0.298 e. The lowest BCUT2D eigenvalue weighted by Crippen LogP contribution is -2.17. The molecule has 6 nitrogen and oxygen atoms in total. The van der Waals surface area contributed by atoms with Gasteiger partial charge in [0.25, 0.3) is 5.91 Å². The van der Waals surface area contributed by atoms with E-state index in [9.17, 15) is 13.2 Å². The molecule has 0 atom stereocenters. The van der Waals surface area contributed by atoms with Crippen molar-refractivity contribution in [2.45, 2.75) is 13.8 Å². The van der Waals surface area contributed by atoms with Crippen molar-refractivity contribution in [3.8, 4) is 0 Å². The van der Waals surface area contributed by atoms with Gasteiger partial charge in [-0.1, -0.05) is 11.6 Å². The van der Waals surface area contributed by atoms with Crippen molar-refractivity contribution in [2.75, 3.05) is 16.3 Å². The molecule has 1 heterocycles. The van der Waals surface area contributed by atoms with E-state index < -0.39 is 15.9 Å². The van der Waals surface area contributed by atoms with Crippen molar-refractivity contribution in [3.63, 3.8) is 0 Å². The minimum atomic E-state index is -3.46. The fraction of sp³-hybridized carbons (Fsp3) is 0.231. The van der Waals surface area contributed by atoms with Crippen LogP contribution in [0.2, 0.25) is 0 Å². The predicted molar refractivity (Wildman–Crippen MR) is 84.4 cm³/mol. The van der Waals surface area contributed by atoms with Crippen LogP contribution in [0.1, 0.15) is 20.8 Å². The fourth-order valence-corrected chi connectivity index (χ4v) is 2.95. The summed E-state index contributed by atoms with van der Waals surface area (Å²) >= 11 is 1.35. The Morgan fingerprint density at radius 2 is 2.00 bits per heavy atom. The third-order valence-corrected chi connectivity index (χ3v) is 3.98. The number of sulfonamides is 1. The molecule has 1 amide bonds. The molecule has 1 aromatic carbocycles. The second-order valence-corrected chi connectivity index (χ2v) is 7.64. The van der Waals surface area contributed by atoms with Crippen molar-refractivity contribution in [1.29, 1.82) is 0 Å². The zero-order chi connectivity index (χ0) is 15.6. The monoisotopic (exact) mass is 325 g/mol. The molecule has 0 saturated heterocycles. The second-order valence-electron chi connectivity index (χ2n) is 4.65. The molecule has 0 spiro atoms. The number of hydrogen-bond acceptors (Lipinski definition) is 5. The molecule has 0 unspecified atom stereocenters. The van der Waals surface area contributed by atoms with Crippen molar-refractivity contribution in [2.24, 2.45) is 0 Å². The summed E-state index contributed by atoms with van der Waals surface area (Å²) in [5, 5.41) is 3.14. The quantitative estimate of drug-likeness (QED) is 0.903. The molecule has 0 radical (unpaired) electrons. The van der Waals surface area contributed by atoms with Gasteiger partial charge in [0, 0.05) is 11.1 Å². The molecule has 0 fully saturated rings. The van der Waals surface area contributed by atoms with E-state index in [0.717, 1.165) is 16.7 Å². The van der Waals surface area contributed by atoms with Crippen LogP contribution in [0, 0.1) is 13.8 Å². The summed E-state index contributed by atoms with van der Waals surface area (Å²) in [4.78, 5) is 17.3. The molecule has 0 aliphatic rings. The third kappa shape index (κ3) is 4.27. The first-order valence-corrected chi connectivity index (χ1v) is 8.77. The Bertz CT molecular complexity index is 782. The van der Waals surface area contributed by atoms with E-state index in [1.54, 1.807) is 24.4 Å². The van der Waals surface area contributed by atoms with Crippen molar-refractivity contribution >= 4 is 38.1 Å². The highest BCUT2D eigenvalue weighted by atomic mass is 32.2. The van der Waals surface area contributed by atoms with Crippen LogP contribution >= 0.6 is 11.3 Å². The van der Waals surface area contributed by atoms with Gasteiger partial charge in [0.15, 0.2) is 5.13 Å². The van der Waals surface area contributed by atoms with Crippen molar-refractivity contribution in [1.82, 2.24) is 4.98 Å². The van der Waals surface area contributed by atoms with Crippen LogP contribution in [-0.2, 0) is 10.0 Å². The lowest BCUT2D eigenvalue weighted by Gasteiger charge is -2.11. The molecule has 2 aromatic rings. The maximum absolute atomic E-state index is 12.3. The highest BCUT2D eigenvalue weighted by Gasteiger charge is 2.15. The summed E-state index contributed by atoms with van der Waals surface area (Å²) in [5.74, 6) is -0.404. The Hall–Kier alpha value is -1.93. The molecule has 2 N–H and O–H groups in total. The standard InChI is InChI=1S/C13H15N3O3S2/c1-8-4-5-11(16-21(3,18)19)10(6-8)12(17)15-13-14-7-9(2)20-13/h4-7,16H,1-3H3,(H,14,15,17). The van der Waals surface area contributed by atoms with Crippen LogP contribution < -0.4 is 10.0 Å². The minimum Gasteiger partial charge on any atom is -0.298 e. The summed E-state index contributed by atoms with van der Waals surface area (Å²) < 4.78 is 25.1. The van der Waals surface area contributed by atoms with E-state index in [4.69, 9.17) is 0 Å². The first kappa shape index (κ1) is 15.5. The van der Waals surface area contributed by atoms with E-state index >= 15 is 0 Å². The van der Waals surface area contributed by atoms with Gasteiger partial charge < -0.3 is 0 Å². The summed E-state index contributed by atoms with van der Waals surface area (Å²) in [6.45, 7) is 3.71. The van der Waals surface area contributed by atoms with Crippen LogP contribution in [-0.4, -0.2) is 25.6 Å². The number of anilines is 2. The zero-order valence-corrected chi connectivity index (χ0v) is 13.4. The lowest BCUT2D eigenvalue weighted by molar-refractivity contribution is 0.102. The minimum absolute atomic E-state index is 0.244. The topological polar surface area (TPSA) is 88.2 Å². The van der Waals surface area contributed by atoms with Crippen LogP contribution in [0.5, 0.6) is 0 Å². The van der Waals surface area contributed by atoms with Gasteiger partial charge in [-0.25, -0.2) is 13.4 Å². The van der Waals surface area contributed by atoms with Gasteiger partial charge in [-0.15, -0.1) is 11.3 Å². The second kappa shape index (κ2) is 5.82. The highest BCUT2D eigenvalue weighted by Crippen LogP contribution is 2.22. The number of benzene rings is 1.